The fraction of sp³-hybridized carbons (Fsp3) is 0.138. The van der Waals surface area contributed by atoms with Gasteiger partial charge in [-0.3, -0.25) is 9.18 Å². The van der Waals surface area contributed by atoms with E-state index >= 15 is 0 Å². The number of hydrogen-bond acceptors (Lipinski definition) is 3. The van der Waals surface area contributed by atoms with E-state index in [2.05, 4.69) is 111 Å². The minimum Gasteiger partial charge on any atom is -0.290 e. The molecule has 2 aliphatic rings. The molecule has 2 nitrogen and oxygen atoms in total. The molecule has 32 heavy (non-hydrogen) atoms. The molecule has 6 rings (SSSR count). The van der Waals surface area contributed by atoms with Crippen LogP contribution in [0.2, 0.25) is 0 Å². The molecule has 0 amide bonds. The lowest BCUT2D eigenvalue weighted by atomic mass is 9.91. The van der Waals surface area contributed by atoms with E-state index in [1.54, 1.807) is 0 Å². The van der Waals surface area contributed by atoms with Crippen LogP contribution in [0.3, 0.4) is 0 Å². The molecule has 156 valence electrons. The van der Waals surface area contributed by atoms with Crippen molar-refractivity contribution >= 4 is 18.3 Å². The molecule has 0 atom stereocenters. The summed E-state index contributed by atoms with van der Waals surface area (Å²) in [4.78, 5) is 4.65. The predicted octanol–water partition coefficient (Wildman–Crippen LogP) is 7.18. The summed E-state index contributed by atoms with van der Waals surface area (Å²) >= 11 is 1.45. The predicted molar refractivity (Wildman–Crippen MR) is 133 cm³/mol. The monoisotopic (exact) mass is 433 g/mol. The molecule has 0 N–H and O–H groups in total. The van der Waals surface area contributed by atoms with Gasteiger partial charge < -0.3 is 0 Å². The van der Waals surface area contributed by atoms with Crippen molar-refractivity contribution in [2.24, 2.45) is 4.99 Å². The van der Waals surface area contributed by atoms with Crippen molar-refractivity contribution in [2.45, 2.75) is 24.3 Å². The summed E-state index contributed by atoms with van der Waals surface area (Å²) in [5.41, 5.74) is 8.74. The third-order valence-corrected chi connectivity index (χ3v) is 7.72. The molecule has 0 saturated heterocycles. The molecular weight excluding hydrogens is 410 g/mol. The van der Waals surface area contributed by atoms with Crippen LogP contribution in [-0.2, 0) is 14.7 Å². The minimum absolute atomic E-state index is 0.654. The third kappa shape index (κ3) is 2.75. The fourth-order valence-corrected chi connectivity index (χ4v) is 5.81. The van der Waals surface area contributed by atoms with Crippen LogP contribution in [-0.4, -0.2) is 6.21 Å². The first-order valence-corrected chi connectivity index (χ1v) is 11.6. The van der Waals surface area contributed by atoms with Crippen molar-refractivity contribution in [3.8, 4) is 11.1 Å². The number of aryl methyl sites for hydroxylation is 2. The molecule has 0 unspecified atom stereocenters. The van der Waals surface area contributed by atoms with E-state index in [4.69, 9.17) is 9.18 Å². The van der Waals surface area contributed by atoms with Crippen LogP contribution in [0, 0.1) is 13.8 Å². The van der Waals surface area contributed by atoms with E-state index in [1.165, 1.54) is 34.3 Å². The highest BCUT2D eigenvalue weighted by Crippen LogP contribution is 2.57. The second-order valence-corrected chi connectivity index (χ2v) is 9.55. The van der Waals surface area contributed by atoms with Gasteiger partial charge in [0.2, 0.25) is 0 Å². The van der Waals surface area contributed by atoms with Gasteiger partial charge in [0.25, 0.3) is 0 Å². The second-order valence-electron chi connectivity index (χ2n) is 8.63. The Balaban J connectivity index is 1.56. The molecular formula is C29H23NOS. The standard InChI is InChI=1S/C29H23NOS/c1-20-11-15-22(16-12-20)29(23-17-13-21(2)14-18-23)30-19-28(31-32-29)26-9-5-3-7-24(26)25-8-4-6-10-27(25)28/h3-19H,1-2H3. The van der Waals surface area contributed by atoms with E-state index in [9.17, 15) is 0 Å². The van der Waals surface area contributed by atoms with Gasteiger partial charge in [0, 0.05) is 29.4 Å². The van der Waals surface area contributed by atoms with Crippen molar-refractivity contribution in [2.75, 3.05) is 0 Å². The van der Waals surface area contributed by atoms with Crippen molar-refractivity contribution in [1.29, 1.82) is 0 Å². The average molecular weight is 434 g/mol. The van der Waals surface area contributed by atoms with Gasteiger partial charge in [0.05, 0.1) is 0 Å². The lowest BCUT2D eigenvalue weighted by Gasteiger charge is -2.39. The molecule has 1 spiro atoms. The maximum absolute atomic E-state index is 6.83. The highest BCUT2D eigenvalue weighted by Gasteiger charge is 2.50. The maximum atomic E-state index is 6.83. The third-order valence-electron chi connectivity index (χ3n) is 6.55. The summed E-state index contributed by atoms with van der Waals surface area (Å²) in [6, 6.07) is 34.2. The fourth-order valence-electron chi connectivity index (χ4n) is 4.78. The molecule has 0 bridgehead atoms. The van der Waals surface area contributed by atoms with Crippen LogP contribution >= 0.6 is 12.0 Å². The summed E-state index contributed by atoms with van der Waals surface area (Å²) in [5.74, 6) is 0. The van der Waals surface area contributed by atoms with Crippen molar-refractivity contribution in [3.63, 3.8) is 0 Å². The molecule has 0 radical (unpaired) electrons. The van der Waals surface area contributed by atoms with Crippen LogP contribution in [0.1, 0.15) is 33.4 Å². The maximum Gasteiger partial charge on any atom is 0.181 e. The van der Waals surface area contributed by atoms with Crippen molar-refractivity contribution < 1.29 is 4.18 Å². The largest absolute Gasteiger partial charge is 0.290 e. The molecule has 3 heteroatoms. The first-order chi connectivity index (χ1) is 15.6. The normalized spacial score (nSPS) is 17.2. The molecule has 4 aromatic rings. The summed E-state index contributed by atoms with van der Waals surface area (Å²) < 4.78 is 6.83. The SMILES string of the molecule is Cc1ccc(C2(c3ccc(C)cc3)N=CC3(OS2)c2ccccc2-c2ccccc23)cc1. The smallest absolute Gasteiger partial charge is 0.181 e. The number of hydrogen-bond donors (Lipinski definition) is 0. The lowest BCUT2D eigenvalue weighted by Crippen LogP contribution is -2.37. The van der Waals surface area contributed by atoms with Gasteiger partial charge >= 0.3 is 0 Å². The molecule has 1 heterocycles. The highest BCUT2D eigenvalue weighted by molar-refractivity contribution is 7.96. The van der Waals surface area contributed by atoms with Gasteiger partial charge in [-0.1, -0.05) is 108 Å². The average Bonchev–Trinajstić information content (AvgIpc) is 3.11. The number of aliphatic imine (C=N–C) groups is 1. The zero-order valence-electron chi connectivity index (χ0n) is 18.1. The number of nitrogens with zero attached hydrogens (tertiary/aromatic N) is 1. The first-order valence-electron chi connectivity index (χ1n) is 10.9. The minimum atomic E-state index is -0.684. The molecule has 0 aromatic heterocycles. The Morgan fingerprint density at radius 1 is 0.625 bits per heavy atom. The molecule has 1 aliphatic heterocycles. The number of benzene rings is 4. The van der Waals surface area contributed by atoms with Crippen LogP contribution in [0.15, 0.2) is 102 Å². The Bertz CT molecular complexity index is 1250. The van der Waals surface area contributed by atoms with Gasteiger partial charge in [0.15, 0.2) is 10.5 Å². The molecule has 4 aromatic carbocycles. The van der Waals surface area contributed by atoms with Crippen molar-refractivity contribution in [1.82, 2.24) is 0 Å². The van der Waals surface area contributed by atoms with Gasteiger partial charge in [-0.25, -0.2) is 0 Å². The summed E-state index contributed by atoms with van der Waals surface area (Å²) in [6.07, 6.45) is 2.04. The topological polar surface area (TPSA) is 21.6 Å². The summed E-state index contributed by atoms with van der Waals surface area (Å²) in [5, 5.41) is 0. The Morgan fingerprint density at radius 3 is 1.53 bits per heavy atom. The Kier molecular flexibility index (Phi) is 4.39. The number of fused-ring (bicyclic) bond motifs is 5. The van der Waals surface area contributed by atoms with E-state index < -0.39 is 10.5 Å². The molecule has 0 fully saturated rings. The van der Waals surface area contributed by atoms with E-state index in [-0.39, 0.29) is 0 Å². The van der Waals surface area contributed by atoms with Gasteiger partial charge in [-0.2, -0.15) is 0 Å². The zero-order valence-corrected chi connectivity index (χ0v) is 18.9. The summed E-state index contributed by atoms with van der Waals surface area (Å²) in [7, 11) is 0. The van der Waals surface area contributed by atoms with Gasteiger partial charge in [0.1, 0.15) is 0 Å². The summed E-state index contributed by atoms with van der Waals surface area (Å²) in [6.45, 7) is 4.22. The van der Waals surface area contributed by atoms with Crippen LogP contribution in [0.25, 0.3) is 11.1 Å². The quantitative estimate of drug-likeness (QED) is 0.312. The van der Waals surface area contributed by atoms with Crippen LogP contribution in [0.4, 0.5) is 0 Å². The molecule has 1 aliphatic carbocycles. The Labute approximate surface area is 193 Å². The van der Waals surface area contributed by atoms with Crippen LogP contribution < -0.4 is 0 Å². The highest BCUT2D eigenvalue weighted by atomic mass is 32.2. The van der Waals surface area contributed by atoms with Gasteiger partial charge in [-0.15, -0.1) is 0 Å². The first kappa shape index (κ1) is 19.5. The number of rotatable bonds is 2. The Morgan fingerprint density at radius 2 is 1.09 bits per heavy atom. The van der Waals surface area contributed by atoms with Gasteiger partial charge in [-0.05, 0) is 36.1 Å². The zero-order chi connectivity index (χ0) is 21.8. The lowest BCUT2D eigenvalue weighted by molar-refractivity contribution is 0.225. The van der Waals surface area contributed by atoms with E-state index in [0.29, 0.717) is 0 Å². The van der Waals surface area contributed by atoms with E-state index in [0.717, 1.165) is 22.3 Å². The second kappa shape index (κ2) is 7.19. The van der Waals surface area contributed by atoms with Crippen molar-refractivity contribution in [3.05, 3.63) is 130 Å². The Hall–Kier alpha value is -3.14. The van der Waals surface area contributed by atoms with E-state index in [1.807, 2.05) is 6.21 Å². The molecule has 0 saturated carbocycles. The van der Waals surface area contributed by atoms with Crippen LogP contribution in [0.5, 0.6) is 0 Å².